The third-order valence-electron chi connectivity index (χ3n) is 3.46. The van der Waals surface area contributed by atoms with Crippen molar-refractivity contribution in [1.29, 1.82) is 0 Å². The molecule has 2 rings (SSSR count). The van der Waals surface area contributed by atoms with Crippen molar-refractivity contribution in [2.45, 2.75) is 26.8 Å². The van der Waals surface area contributed by atoms with Gasteiger partial charge in [0, 0.05) is 23.4 Å². The quantitative estimate of drug-likeness (QED) is 0.664. The van der Waals surface area contributed by atoms with Gasteiger partial charge in [0.15, 0.2) is 0 Å². The normalized spacial score (nSPS) is 12.0. The summed E-state index contributed by atoms with van der Waals surface area (Å²) >= 11 is 0. The van der Waals surface area contributed by atoms with Crippen LogP contribution in [-0.4, -0.2) is 4.92 Å². The molecule has 0 fully saturated rings. The van der Waals surface area contributed by atoms with E-state index in [0.29, 0.717) is 11.3 Å². The Hall–Kier alpha value is -2.43. The maximum Gasteiger partial charge on any atom is 0.274 e. The van der Waals surface area contributed by atoms with Crippen molar-refractivity contribution in [3.63, 3.8) is 0 Å². The first kappa shape index (κ1) is 15.0. The fourth-order valence-electron chi connectivity index (χ4n) is 2.29. The van der Waals surface area contributed by atoms with Gasteiger partial charge in [-0.2, -0.15) is 0 Å². The van der Waals surface area contributed by atoms with Gasteiger partial charge in [-0.25, -0.2) is 4.39 Å². The number of nitrogens with one attached hydrogen (secondary N) is 1. The standard InChI is InChI=1S/C16H17FN2O2/c1-10-7-11(2)16(19(20)21)9-15(10)18-12(3)13-5-4-6-14(17)8-13/h4-9,12,18H,1-3H3. The second kappa shape index (κ2) is 5.91. The first-order valence-corrected chi connectivity index (χ1v) is 6.66. The Morgan fingerprint density at radius 2 is 1.90 bits per heavy atom. The lowest BCUT2D eigenvalue weighted by atomic mass is 10.0. The Morgan fingerprint density at radius 3 is 2.52 bits per heavy atom. The molecule has 1 unspecified atom stereocenters. The molecule has 0 spiro atoms. The van der Waals surface area contributed by atoms with Gasteiger partial charge in [0.25, 0.3) is 5.69 Å². The lowest BCUT2D eigenvalue weighted by Crippen LogP contribution is -2.08. The zero-order valence-corrected chi connectivity index (χ0v) is 12.2. The van der Waals surface area contributed by atoms with Crippen molar-refractivity contribution in [2.24, 2.45) is 0 Å². The van der Waals surface area contributed by atoms with E-state index < -0.39 is 4.92 Å². The number of nitrogens with zero attached hydrogens (tertiary/aromatic N) is 1. The minimum Gasteiger partial charge on any atom is -0.378 e. The molecule has 1 N–H and O–H groups in total. The fourth-order valence-corrected chi connectivity index (χ4v) is 2.29. The molecule has 0 amide bonds. The van der Waals surface area contributed by atoms with Crippen molar-refractivity contribution in [1.82, 2.24) is 0 Å². The van der Waals surface area contributed by atoms with Gasteiger partial charge in [0.1, 0.15) is 5.82 Å². The molecule has 5 heteroatoms. The Kier molecular flexibility index (Phi) is 4.21. The van der Waals surface area contributed by atoms with E-state index in [4.69, 9.17) is 0 Å². The zero-order valence-electron chi connectivity index (χ0n) is 12.2. The Balaban J connectivity index is 2.31. The van der Waals surface area contributed by atoms with Crippen LogP contribution in [0.4, 0.5) is 15.8 Å². The molecule has 0 saturated carbocycles. The fraction of sp³-hybridized carbons (Fsp3) is 0.250. The summed E-state index contributed by atoms with van der Waals surface area (Å²) in [6, 6.07) is 9.46. The van der Waals surface area contributed by atoms with Gasteiger partial charge in [0.05, 0.1) is 4.92 Å². The molecule has 0 aliphatic carbocycles. The summed E-state index contributed by atoms with van der Waals surface area (Å²) in [5.41, 5.74) is 3.10. The SMILES string of the molecule is Cc1cc(C)c([N+](=O)[O-])cc1NC(C)c1cccc(F)c1. The third-order valence-corrected chi connectivity index (χ3v) is 3.46. The summed E-state index contributed by atoms with van der Waals surface area (Å²) in [6.45, 7) is 5.49. The van der Waals surface area contributed by atoms with Crippen LogP contribution in [0.25, 0.3) is 0 Å². The highest BCUT2D eigenvalue weighted by molar-refractivity contribution is 5.60. The summed E-state index contributed by atoms with van der Waals surface area (Å²) in [6.07, 6.45) is 0. The first-order chi connectivity index (χ1) is 9.88. The van der Waals surface area contributed by atoms with Crippen LogP contribution in [0.5, 0.6) is 0 Å². The lowest BCUT2D eigenvalue weighted by Gasteiger charge is -2.18. The molecule has 4 nitrogen and oxygen atoms in total. The van der Waals surface area contributed by atoms with Crippen molar-refractivity contribution in [3.8, 4) is 0 Å². The van der Waals surface area contributed by atoms with E-state index in [1.807, 2.05) is 19.9 Å². The van der Waals surface area contributed by atoms with E-state index >= 15 is 0 Å². The molecule has 1 atom stereocenters. The maximum atomic E-state index is 13.3. The number of nitro groups is 1. The van der Waals surface area contributed by atoms with Crippen LogP contribution in [0.15, 0.2) is 36.4 Å². The predicted octanol–water partition coefficient (Wildman–Crippen LogP) is 4.52. The number of benzene rings is 2. The summed E-state index contributed by atoms with van der Waals surface area (Å²) in [4.78, 5) is 10.6. The topological polar surface area (TPSA) is 55.2 Å². The zero-order chi connectivity index (χ0) is 15.6. The number of nitro benzene ring substituents is 1. The average molecular weight is 288 g/mol. The van der Waals surface area contributed by atoms with Gasteiger partial charge in [-0.15, -0.1) is 0 Å². The molecule has 0 saturated heterocycles. The summed E-state index contributed by atoms with van der Waals surface area (Å²) < 4.78 is 13.3. The molecule has 0 heterocycles. The Bertz CT molecular complexity index is 686. The molecule has 0 radical (unpaired) electrons. The Labute approximate surface area is 122 Å². The van der Waals surface area contributed by atoms with E-state index in [1.54, 1.807) is 19.1 Å². The van der Waals surface area contributed by atoms with E-state index in [0.717, 1.165) is 11.1 Å². The molecule has 0 aromatic heterocycles. The van der Waals surface area contributed by atoms with Gasteiger partial charge in [-0.3, -0.25) is 10.1 Å². The minimum absolute atomic E-state index is 0.0783. The van der Waals surface area contributed by atoms with Crippen LogP contribution >= 0.6 is 0 Å². The monoisotopic (exact) mass is 288 g/mol. The van der Waals surface area contributed by atoms with Crippen molar-refractivity contribution in [3.05, 3.63) is 69.0 Å². The highest BCUT2D eigenvalue weighted by Crippen LogP contribution is 2.29. The first-order valence-electron chi connectivity index (χ1n) is 6.66. The Morgan fingerprint density at radius 1 is 1.19 bits per heavy atom. The van der Waals surface area contributed by atoms with E-state index in [1.165, 1.54) is 18.2 Å². The van der Waals surface area contributed by atoms with Gasteiger partial charge in [0.2, 0.25) is 0 Å². The molecule has 21 heavy (non-hydrogen) atoms. The summed E-state index contributed by atoms with van der Waals surface area (Å²) in [5, 5.41) is 14.2. The number of aryl methyl sites for hydroxylation is 2. The number of anilines is 1. The van der Waals surface area contributed by atoms with Gasteiger partial charge >= 0.3 is 0 Å². The molecule has 2 aromatic rings. The molecule has 0 aliphatic heterocycles. The second-order valence-electron chi connectivity index (χ2n) is 5.13. The summed E-state index contributed by atoms with van der Waals surface area (Å²) in [5.74, 6) is -0.298. The molecular weight excluding hydrogens is 271 g/mol. The highest BCUT2D eigenvalue weighted by Gasteiger charge is 2.15. The van der Waals surface area contributed by atoms with Crippen LogP contribution in [0, 0.1) is 29.8 Å². The highest BCUT2D eigenvalue weighted by atomic mass is 19.1. The van der Waals surface area contributed by atoms with Crippen molar-refractivity contribution < 1.29 is 9.31 Å². The smallest absolute Gasteiger partial charge is 0.274 e. The van der Waals surface area contributed by atoms with E-state index in [9.17, 15) is 14.5 Å². The molecular formula is C16H17FN2O2. The van der Waals surface area contributed by atoms with Crippen LogP contribution in [0.3, 0.4) is 0 Å². The maximum absolute atomic E-state index is 13.3. The van der Waals surface area contributed by atoms with Gasteiger partial charge in [-0.05, 0) is 50.1 Å². The number of rotatable bonds is 4. The lowest BCUT2D eigenvalue weighted by molar-refractivity contribution is -0.385. The minimum atomic E-state index is -0.396. The number of hydrogen-bond acceptors (Lipinski definition) is 3. The summed E-state index contributed by atoms with van der Waals surface area (Å²) in [7, 11) is 0. The second-order valence-corrected chi connectivity index (χ2v) is 5.13. The van der Waals surface area contributed by atoms with Crippen LogP contribution in [0.2, 0.25) is 0 Å². The number of hydrogen-bond donors (Lipinski definition) is 1. The van der Waals surface area contributed by atoms with E-state index in [-0.39, 0.29) is 17.5 Å². The van der Waals surface area contributed by atoms with Gasteiger partial charge in [-0.1, -0.05) is 12.1 Å². The van der Waals surface area contributed by atoms with E-state index in [2.05, 4.69) is 5.32 Å². The van der Waals surface area contributed by atoms with Gasteiger partial charge < -0.3 is 5.32 Å². The third kappa shape index (κ3) is 3.37. The molecule has 0 aliphatic rings. The van der Waals surface area contributed by atoms with Crippen LogP contribution < -0.4 is 5.32 Å². The molecule has 110 valence electrons. The van der Waals surface area contributed by atoms with Crippen LogP contribution in [0.1, 0.15) is 29.7 Å². The molecule has 0 bridgehead atoms. The van der Waals surface area contributed by atoms with Crippen molar-refractivity contribution in [2.75, 3.05) is 5.32 Å². The van der Waals surface area contributed by atoms with Crippen LogP contribution in [-0.2, 0) is 0 Å². The molecule has 2 aromatic carbocycles. The largest absolute Gasteiger partial charge is 0.378 e. The predicted molar refractivity (Wildman–Crippen MR) is 81.0 cm³/mol. The number of halogens is 1. The van der Waals surface area contributed by atoms with Crippen molar-refractivity contribution >= 4 is 11.4 Å². The average Bonchev–Trinajstić information content (AvgIpc) is 2.41.